The highest BCUT2D eigenvalue weighted by atomic mass is 16.4. The molecule has 0 radical (unpaired) electrons. The fourth-order valence-electron chi connectivity index (χ4n) is 12.6. The highest BCUT2D eigenvalue weighted by Gasteiger charge is 2.45. The van der Waals surface area contributed by atoms with E-state index in [1.54, 1.807) is 41.5 Å². The van der Waals surface area contributed by atoms with Gasteiger partial charge in [-0.05, 0) is 147 Å². The van der Waals surface area contributed by atoms with E-state index in [0.717, 1.165) is 4.90 Å². The van der Waals surface area contributed by atoms with E-state index >= 15 is 0 Å². The summed E-state index contributed by atoms with van der Waals surface area (Å²) in [7, 11) is 0. The van der Waals surface area contributed by atoms with E-state index in [4.69, 9.17) is 28.7 Å². The van der Waals surface area contributed by atoms with Crippen molar-refractivity contribution in [3.63, 3.8) is 0 Å². The summed E-state index contributed by atoms with van der Waals surface area (Å²) in [6, 6.07) is -19.0. The van der Waals surface area contributed by atoms with Gasteiger partial charge in [0, 0.05) is 38.9 Å². The molecule has 107 heavy (non-hydrogen) atoms. The number of unbranched alkanes of at least 4 members (excludes halogenated alkanes) is 2. The van der Waals surface area contributed by atoms with E-state index in [2.05, 4.69) is 47.9 Å². The van der Waals surface area contributed by atoms with Crippen LogP contribution in [-0.4, -0.2) is 254 Å². The summed E-state index contributed by atoms with van der Waals surface area (Å²) in [6.45, 7) is 13.2. The number of carbonyl (C=O) groups excluding carboxylic acids is 15. The van der Waals surface area contributed by atoms with Gasteiger partial charge >= 0.3 is 17.9 Å². The zero-order valence-electron chi connectivity index (χ0n) is 62.4. The molecule has 602 valence electrons. The van der Waals surface area contributed by atoms with Gasteiger partial charge in [0.1, 0.15) is 78.5 Å². The summed E-state index contributed by atoms with van der Waals surface area (Å²) in [5.74, 6) is -18.4. The number of aliphatic carboxylic acids is 3. The van der Waals surface area contributed by atoms with Crippen molar-refractivity contribution in [1.82, 2.24) is 67.9 Å². The molecule has 0 unspecified atom stereocenters. The Morgan fingerprint density at radius 2 is 0.776 bits per heavy atom. The van der Waals surface area contributed by atoms with Crippen molar-refractivity contribution in [2.45, 2.75) is 268 Å². The Bertz CT molecular complexity index is 3170. The molecule has 0 spiro atoms. The van der Waals surface area contributed by atoms with Crippen molar-refractivity contribution in [2.24, 2.45) is 46.4 Å². The molecule has 15 amide bonds. The number of rotatable bonds is 47. The summed E-state index contributed by atoms with van der Waals surface area (Å²) in [5.41, 5.74) is 27.9. The first-order valence-electron chi connectivity index (χ1n) is 36.6. The second-order valence-electron chi connectivity index (χ2n) is 28.5. The molecule has 3 rings (SSSR count). The summed E-state index contributed by atoms with van der Waals surface area (Å²) < 4.78 is 0. The molecular formula is C68H114N18O21. The maximum absolute atomic E-state index is 14.7. The van der Waals surface area contributed by atoms with Crippen LogP contribution >= 0.6 is 0 Å². The third kappa shape index (κ3) is 29.9. The quantitative estimate of drug-likeness (QED) is 0.0253. The van der Waals surface area contributed by atoms with Crippen LogP contribution in [0.25, 0.3) is 0 Å². The average Bonchev–Trinajstić information content (AvgIpc) is 1.73. The van der Waals surface area contributed by atoms with Crippen LogP contribution in [0.1, 0.15) is 184 Å². The zero-order valence-corrected chi connectivity index (χ0v) is 62.4. The standard InChI is InChI=1S/C68H114N18O21/c1-34(2)32-44(60(98)82-53(35(3)4)64(102)77-40(16-9-11-27-69)58(96)76-41(22-25-50(73)88)59(97)81-45(68(106)107)33-52(91)92)80-62(100)47-19-15-31-86(47)67(105)54(36(5)6)83-63(101)48-20-14-30-85(48)66(104)43(23-26-51(89)90)78-56(94)38(8)74-55(93)37(7)75-61(99)46-18-13-29-84(46)65(103)42(17-10-12-28-70)79-57(95)39(71)21-24-49(72)87/h34-48,53-54H,9-33,69-71H2,1-8H3,(H2,72,87)(H2,73,88)(H,74,93)(H,75,99)(H,76,96)(H,77,102)(H,78,94)(H,79,95)(H,80,100)(H,81,97)(H,82,98)(H,83,101)(H,89,90)(H,91,92)(H,106,107)/t37-,38-,39-,40-,41-,42-,43-,44-,45-,46-,47-,48-,53-,54-/m0/s1. The Labute approximate surface area is 621 Å². The first-order valence-corrected chi connectivity index (χ1v) is 36.6. The van der Waals surface area contributed by atoms with Crippen LogP contribution in [0.4, 0.5) is 0 Å². The molecule has 0 saturated carbocycles. The molecule has 0 bridgehead atoms. The van der Waals surface area contributed by atoms with Crippen molar-refractivity contribution in [3.05, 3.63) is 0 Å². The van der Waals surface area contributed by atoms with Gasteiger partial charge in [0.25, 0.3) is 0 Å². The van der Waals surface area contributed by atoms with E-state index in [-0.39, 0.29) is 96.3 Å². The number of nitrogens with one attached hydrogen (secondary N) is 10. The average molecular weight is 1520 g/mol. The molecule has 3 aliphatic rings. The molecule has 39 nitrogen and oxygen atoms in total. The van der Waals surface area contributed by atoms with Crippen molar-refractivity contribution < 1.29 is 102 Å². The van der Waals surface area contributed by atoms with Crippen LogP contribution in [0.3, 0.4) is 0 Å². The van der Waals surface area contributed by atoms with Crippen molar-refractivity contribution in [1.29, 1.82) is 0 Å². The van der Waals surface area contributed by atoms with Crippen molar-refractivity contribution in [3.8, 4) is 0 Å². The number of hydrogen-bond acceptors (Lipinski definition) is 21. The predicted octanol–water partition coefficient (Wildman–Crippen LogP) is -5.25. The Morgan fingerprint density at radius 3 is 1.24 bits per heavy atom. The van der Waals surface area contributed by atoms with Gasteiger partial charge in [-0.2, -0.15) is 0 Å². The smallest absolute Gasteiger partial charge is 0.326 e. The van der Waals surface area contributed by atoms with E-state index in [1.165, 1.54) is 23.6 Å². The SMILES string of the molecule is CC(C)C[C@H](NC(=O)[C@@H]1CCCN1C(=O)[C@@H](NC(=O)[C@@H]1CCCN1C(=O)[C@H](CCC(=O)O)NC(=O)[C@H](C)NC(=O)[C@H](C)NC(=O)[C@@H]1CCCN1C(=O)[C@H](CCCCN)NC(=O)[C@@H](N)CCC(N)=O)C(C)C)C(=O)N[C@H](C(=O)N[C@@H](CCCCN)C(=O)N[C@@H](CCC(N)=O)C(=O)N[C@@H](CC(=O)O)C(=O)O)C(C)C. The molecular weight excluding hydrogens is 1400 g/mol. The van der Waals surface area contributed by atoms with E-state index < -0.39 is 235 Å². The number of nitrogens with two attached hydrogens (primary N) is 5. The van der Waals surface area contributed by atoms with Gasteiger partial charge in [-0.3, -0.25) is 81.5 Å². The molecule has 3 aliphatic heterocycles. The second kappa shape index (κ2) is 45.1. The maximum atomic E-state index is 14.7. The minimum atomic E-state index is -1.93. The number of nitrogens with zero attached hydrogens (tertiary/aromatic N) is 3. The lowest BCUT2D eigenvalue weighted by Crippen LogP contribution is -2.61. The maximum Gasteiger partial charge on any atom is 0.326 e. The summed E-state index contributed by atoms with van der Waals surface area (Å²) in [5, 5.41) is 53.8. The van der Waals surface area contributed by atoms with Gasteiger partial charge in [-0.1, -0.05) is 41.5 Å². The van der Waals surface area contributed by atoms with Gasteiger partial charge < -0.3 is 112 Å². The fourth-order valence-corrected chi connectivity index (χ4v) is 12.6. The Kier molecular flexibility index (Phi) is 38.6. The molecule has 14 atom stereocenters. The lowest BCUT2D eigenvalue weighted by molar-refractivity contribution is -0.147. The van der Waals surface area contributed by atoms with Crippen molar-refractivity contribution in [2.75, 3.05) is 32.7 Å². The van der Waals surface area contributed by atoms with Gasteiger partial charge in [-0.15, -0.1) is 0 Å². The van der Waals surface area contributed by atoms with Crippen LogP contribution < -0.4 is 81.8 Å². The Hall–Kier alpha value is -9.66. The number of primary amides is 2. The zero-order chi connectivity index (χ0) is 80.7. The molecule has 0 aromatic heterocycles. The summed E-state index contributed by atoms with van der Waals surface area (Å²) in [6.07, 6.45) is -0.212. The largest absolute Gasteiger partial charge is 0.481 e. The molecule has 0 aromatic carbocycles. The third-order valence-electron chi connectivity index (χ3n) is 18.6. The number of carbonyl (C=O) groups is 18. The molecule has 3 saturated heterocycles. The van der Waals surface area contributed by atoms with Crippen LogP contribution in [0.2, 0.25) is 0 Å². The Balaban J connectivity index is 1.76. The van der Waals surface area contributed by atoms with Gasteiger partial charge in [0.2, 0.25) is 88.6 Å². The minimum Gasteiger partial charge on any atom is -0.481 e. The summed E-state index contributed by atoms with van der Waals surface area (Å²) in [4.78, 5) is 244. The highest BCUT2D eigenvalue weighted by Crippen LogP contribution is 2.25. The summed E-state index contributed by atoms with van der Waals surface area (Å²) >= 11 is 0. The van der Waals surface area contributed by atoms with Crippen LogP contribution in [0.15, 0.2) is 0 Å². The second-order valence-corrected chi connectivity index (χ2v) is 28.5. The minimum absolute atomic E-state index is 0.0227. The first-order chi connectivity index (χ1) is 50.2. The predicted molar refractivity (Wildman–Crippen MR) is 381 cm³/mol. The number of carboxylic acids is 3. The normalized spacial score (nSPS) is 18.7. The van der Waals surface area contributed by atoms with E-state index in [0.29, 0.717) is 38.6 Å². The van der Waals surface area contributed by atoms with E-state index in [9.17, 15) is 102 Å². The molecule has 3 fully saturated rings. The monoisotopic (exact) mass is 1520 g/mol. The van der Waals surface area contributed by atoms with Gasteiger partial charge in [0.05, 0.1) is 12.5 Å². The van der Waals surface area contributed by atoms with Crippen molar-refractivity contribution >= 4 is 107 Å². The first kappa shape index (κ1) is 91.5. The van der Waals surface area contributed by atoms with Gasteiger partial charge in [0.15, 0.2) is 0 Å². The molecule has 0 aliphatic carbocycles. The number of likely N-dealkylation sites (tertiary alicyclic amines) is 3. The van der Waals surface area contributed by atoms with Crippen LogP contribution in [0.5, 0.6) is 0 Å². The molecule has 39 heteroatoms. The van der Waals surface area contributed by atoms with Crippen LogP contribution in [-0.2, 0) is 86.3 Å². The molecule has 23 N–H and O–H groups in total. The number of hydrogen-bond donors (Lipinski definition) is 18. The Morgan fingerprint density at radius 1 is 0.383 bits per heavy atom. The van der Waals surface area contributed by atoms with Crippen LogP contribution in [0, 0.1) is 17.8 Å². The molecule has 3 heterocycles. The third-order valence-corrected chi connectivity index (χ3v) is 18.6. The fraction of sp³-hybridized carbons (Fsp3) is 0.735. The lowest BCUT2D eigenvalue weighted by atomic mass is 9.98. The number of carboxylic acid groups (broad SMARTS) is 3. The lowest BCUT2D eigenvalue weighted by Gasteiger charge is -2.33. The van der Waals surface area contributed by atoms with Gasteiger partial charge in [-0.25, -0.2) is 4.79 Å². The highest BCUT2D eigenvalue weighted by molar-refractivity contribution is 6.01. The van der Waals surface area contributed by atoms with E-state index in [1.807, 2.05) is 5.32 Å². The molecule has 0 aromatic rings. The number of amides is 15. The topological polar surface area (TPSA) is 628 Å².